The average Bonchev–Trinajstić information content (AvgIpc) is 2.65. The maximum atomic E-state index is 3.04. The molecule has 0 spiro atoms. The first-order valence-corrected chi connectivity index (χ1v) is 18.5. The van der Waals surface area contributed by atoms with Crippen LogP contribution in [-0.2, 0) is 0 Å². The van der Waals surface area contributed by atoms with E-state index in [2.05, 4.69) is 60.3 Å². The number of rotatable bonds is 10. The molecule has 0 aromatic rings. The van der Waals surface area contributed by atoms with Crippen LogP contribution in [0.25, 0.3) is 0 Å². The van der Waals surface area contributed by atoms with E-state index < -0.39 is 21.4 Å². The van der Waals surface area contributed by atoms with Crippen molar-refractivity contribution in [3.63, 3.8) is 0 Å². The molecule has 6 atom stereocenters. The molecule has 1 aliphatic heterocycles. The molecule has 1 nitrogen and oxygen atoms in total. The Morgan fingerprint density at radius 3 is 1.31 bits per heavy atom. The number of hydrogen-bond donors (Lipinski definition) is 0. The van der Waals surface area contributed by atoms with Crippen molar-refractivity contribution in [2.75, 3.05) is 6.54 Å². The van der Waals surface area contributed by atoms with Gasteiger partial charge in [-0.05, 0) is 0 Å². The van der Waals surface area contributed by atoms with Gasteiger partial charge in [0.1, 0.15) is 0 Å². The predicted octanol–water partition coefficient (Wildman–Crippen LogP) is 7.79. The zero-order valence-electron chi connectivity index (χ0n) is 19.6. The second kappa shape index (κ2) is 13.1. The molecule has 1 aliphatic rings. The van der Waals surface area contributed by atoms with E-state index in [1.807, 2.05) is 0 Å². The van der Waals surface area contributed by atoms with Gasteiger partial charge in [-0.1, -0.05) is 0 Å². The van der Waals surface area contributed by atoms with Crippen molar-refractivity contribution < 1.29 is 0 Å². The van der Waals surface area contributed by atoms with Crippen LogP contribution in [0, 0.1) is 11.8 Å². The Morgan fingerprint density at radius 1 is 0.577 bits per heavy atom. The topological polar surface area (TPSA) is 3.24 Å². The molecule has 1 heterocycles. The molecule has 1 saturated heterocycles. The Kier molecular flexibility index (Phi) is 12.6. The van der Waals surface area contributed by atoms with Crippen LogP contribution in [0.1, 0.15) is 107 Å². The van der Waals surface area contributed by atoms with Gasteiger partial charge in [0.2, 0.25) is 0 Å². The first kappa shape index (κ1) is 24.9. The van der Waals surface area contributed by atoms with Gasteiger partial charge in [-0.2, -0.15) is 0 Å². The fraction of sp³-hybridized carbons (Fsp3) is 1.00. The molecular weight excluding hydrogens is 417 g/mol. The molecule has 2 heteroatoms. The van der Waals surface area contributed by atoms with Crippen molar-refractivity contribution >= 4 is 21.4 Å². The standard InChI is InChI=1S/C21H43N.C3H7.In/c1-8-15-18(11-4)20(13-6)22(17-10-3)21(14-7)19(12-5)16-9-2;1-3-2;/h15-16,18-21H,8-14,17H2,1-7H3;1,3H2,2H3;. The van der Waals surface area contributed by atoms with Crippen LogP contribution in [0.15, 0.2) is 0 Å². The normalized spacial score (nSPS) is 33.9. The summed E-state index contributed by atoms with van der Waals surface area (Å²) in [7, 11) is 0. The van der Waals surface area contributed by atoms with E-state index in [4.69, 9.17) is 0 Å². The van der Waals surface area contributed by atoms with Gasteiger partial charge in [-0.25, -0.2) is 0 Å². The molecule has 154 valence electrons. The third kappa shape index (κ3) is 5.46. The molecule has 0 saturated carbocycles. The van der Waals surface area contributed by atoms with Crippen molar-refractivity contribution in [3.05, 3.63) is 0 Å². The summed E-state index contributed by atoms with van der Waals surface area (Å²) in [5.41, 5.74) is 0. The maximum absolute atomic E-state index is 3.04. The third-order valence-electron chi connectivity index (χ3n) is 7.87. The molecule has 1 rings (SSSR count). The molecule has 0 bridgehead atoms. The molecule has 0 aromatic carbocycles. The third-order valence-corrected chi connectivity index (χ3v) is 23.2. The summed E-state index contributed by atoms with van der Waals surface area (Å²) in [5.74, 6) is 1.95. The van der Waals surface area contributed by atoms with Gasteiger partial charge in [-0.15, -0.1) is 0 Å². The van der Waals surface area contributed by atoms with E-state index in [0.717, 1.165) is 31.3 Å². The summed E-state index contributed by atoms with van der Waals surface area (Å²) in [4.78, 5) is 3.04. The summed E-state index contributed by atoms with van der Waals surface area (Å²) >= 11 is -1.63. The van der Waals surface area contributed by atoms with Crippen LogP contribution in [0.4, 0.5) is 0 Å². The first-order valence-electron chi connectivity index (χ1n) is 12.3. The Hall–Kier alpha value is 0.830. The van der Waals surface area contributed by atoms with E-state index in [1.165, 1.54) is 57.9 Å². The van der Waals surface area contributed by atoms with Crippen LogP contribution in [-0.4, -0.2) is 45.0 Å². The Labute approximate surface area is 174 Å². The fourth-order valence-corrected chi connectivity index (χ4v) is 23.3. The molecule has 26 heavy (non-hydrogen) atoms. The van der Waals surface area contributed by atoms with Crippen LogP contribution in [0.3, 0.4) is 0 Å². The first-order chi connectivity index (χ1) is 12.6. The second-order valence-corrected chi connectivity index (χ2v) is 19.3. The number of nitrogens with zero attached hydrogens (tertiary/aromatic N) is 1. The Bertz CT molecular complexity index is 300. The Morgan fingerprint density at radius 2 is 1.04 bits per heavy atom. The minimum absolute atomic E-state index is 0.845. The van der Waals surface area contributed by atoms with Gasteiger partial charge < -0.3 is 0 Å². The van der Waals surface area contributed by atoms with Crippen LogP contribution < -0.4 is 0 Å². The average molecular weight is 467 g/mol. The van der Waals surface area contributed by atoms with E-state index in [1.54, 1.807) is 4.18 Å². The molecule has 0 amide bonds. The minimum atomic E-state index is -1.63. The summed E-state index contributed by atoms with van der Waals surface area (Å²) in [6, 6.07) is 1.69. The van der Waals surface area contributed by atoms with E-state index in [-0.39, 0.29) is 0 Å². The van der Waals surface area contributed by atoms with E-state index >= 15 is 0 Å². The predicted molar refractivity (Wildman–Crippen MR) is 122 cm³/mol. The van der Waals surface area contributed by atoms with Crippen molar-refractivity contribution in [1.82, 2.24) is 4.90 Å². The van der Waals surface area contributed by atoms with Gasteiger partial charge in [0, 0.05) is 0 Å². The summed E-state index contributed by atoms with van der Waals surface area (Å²) in [6.45, 7) is 21.3. The van der Waals surface area contributed by atoms with Gasteiger partial charge in [-0.3, -0.25) is 0 Å². The van der Waals surface area contributed by atoms with Gasteiger partial charge >= 0.3 is 175 Å². The van der Waals surface area contributed by atoms with Crippen molar-refractivity contribution in [1.29, 1.82) is 0 Å². The van der Waals surface area contributed by atoms with Crippen molar-refractivity contribution in [2.45, 2.75) is 130 Å². The summed E-state index contributed by atoms with van der Waals surface area (Å²) < 4.78 is 3.91. The van der Waals surface area contributed by atoms with Gasteiger partial charge in [0.05, 0.1) is 0 Å². The van der Waals surface area contributed by atoms with Crippen LogP contribution in [0.2, 0.25) is 11.5 Å². The molecule has 1 fully saturated rings. The van der Waals surface area contributed by atoms with Gasteiger partial charge in [0.25, 0.3) is 0 Å². The van der Waals surface area contributed by atoms with Crippen molar-refractivity contribution in [2.24, 2.45) is 11.8 Å². The van der Waals surface area contributed by atoms with Crippen LogP contribution in [0.5, 0.6) is 0 Å². The molecule has 0 aromatic heterocycles. The van der Waals surface area contributed by atoms with E-state index in [9.17, 15) is 0 Å². The summed E-state index contributed by atoms with van der Waals surface area (Å²) in [6.07, 6.45) is 11.3. The quantitative estimate of drug-likeness (QED) is 0.317. The fourth-order valence-electron chi connectivity index (χ4n) is 7.05. The number of hydrogen-bond acceptors (Lipinski definition) is 1. The molecule has 0 aliphatic carbocycles. The van der Waals surface area contributed by atoms with E-state index in [0.29, 0.717) is 0 Å². The summed E-state index contributed by atoms with van der Waals surface area (Å²) in [5, 5.41) is 0. The SMILES string of the molecule is CCCN1C(CC)C(CC)[CH](CC)[In]([CH2]CC)[CH](CC)C(CC)C1CC. The monoisotopic (exact) mass is 467 g/mol. The zero-order valence-corrected chi connectivity index (χ0v) is 22.9. The van der Waals surface area contributed by atoms with Crippen LogP contribution >= 0.6 is 0 Å². The molecule has 0 radical (unpaired) electrons. The zero-order chi connectivity index (χ0) is 19.7. The molecule has 6 unspecified atom stereocenters. The molecular formula is C24H50InN. The van der Waals surface area contributed by atoms with Gasteiger partial charge in [0.15, 0.2) is 0 Å². The second-order valence-electron chi connectivity index (χ2n) is 8.93. The Balaban J connectivity index is 3.50. The van der Waals surface area contributed by atoms with Crippen molar-refractivity contribution in [3.8, 4) is 0 Å². The molecule has 0 N–H and O–H groups in total.